The summed E-state index contributed by atoms with van der Waals surface area (Å²) >= 11 is 1.94. The van der Waals surface area contributed by atoms with Gasteiger partial charge in [0.1, 0.15) is 0 Å². The first-order valence-electron chi connectivity index (χ1n) is 20.0. The molecule has 0 saturated carbocycles. The van der Waals surface area contributed by atoms with Gasteiger partial charge in [0.2, 0.25) is 6.71 Å². The van der Waals surface area contributed by atoms with Crippen LogP contribution in [0, 0.1) is 5.41 Å². The highest BCUT2D eigenvalue weighted by molar-refractivity contribution is 7.26. The summed E-state index contributed by atoms with van der Waals surface area (Å²) in [6, 6.07) is 34.3. The molecule has 5 aromatic carbocycles. The highest BCUT2D eigenvalue weighted by Crippen LogP contribution is 2.50. The zero-order valence-corrected chi connectivity index (χ0v) is 35.0. The van der Waals surface area contributed by atoms with E-state index in [0.29, 0.717) is 0 Å². The number of nitrogens with zero attached hydrogens (tertiary/aromatic N) is 1. The molecule has 270 valence electrons. The molecule has 0 N–H and O–H groups in total. The van der Waals surface area contributed by atoms with Crippen LogP contribution in [0.2, 0.25) is 0 Å². The molecule has 0 amide bonds. The van der Waals surface area contributed by atoms with Crippen molar-refractivity contribution in [2.24, 2.45) is 5.41 Å². The second kappa shape index (κ2) is 11.1. The molecule has 2 aliphatic heterocycles. The van der Waals surface area contributed by atoms with Gasteiger partial charge in [-0.25, -0.2) is 0 Å². The van der Waals surface area contributed by atoms with Gasteiger partial charge in [0.05, 0.1) is 0 Å². The van der Waals surface area contributed by atoms with Crippen LogP contribution < -0.4 is 21.3 Å². The molecule has 3 heterocycles. The summed E-state index contributed by atoms with van der Waals surface area (Å²) in [6.45, 7) is 29.1. The zero-order chi connectivity index (χ0) is 37.6. The van der Waals surface area contributed by atoms with Gasteiger partial charge in [0.15, 0.2) is 0 Å². The molecule has 0 saturated heterocycles. The van der Waals surface area contributed by atoms with Gasteiger partial charge >= 0.3 is 0 Å². The highest BCUT2D eigenvalue weighted by Gasteiger charge is 2.47. The van der Waals surface area contributed by atoms with Crippen LogP contribution in [0.15, 0.2) is 84.9 Å². The van der Waals surface area contributed by atoms with Gasteiger partial charge in [0, 0.05) is 37.3 Å². The second-order valence-corrected chi connectivity index (χ2v) is 21.8. The van der Waals surface area contributed by atoms with E-state index in [1.54, 1.807) is 0 Å². The fraction of sp³-hybridized carbons (Fsp3) is 0.400. The Kier molecular flexibility index (Phi) is 7.33. The van der Waals surface area contributed by atoms with Crippen molar-refractivity contribution in [3.63, 3.8) is 0 Å². The standard InChI is InChI=1S/C50H56BNS/c1-46(2,3)29-30-23-38-45-42(24-30)52(32-18-20-35-37(26-32)49(9,10)22-21-48(35,7)8)41-28-44-34(33-15-13-14-16-43(33)53-44)27-40(41)51(45)39-25-31(47(4,5)6)17-19-36(39)50(38,11)12/h13-20,23-28H,21-22,29H2,1-12H3. The Balaban J connectivity index is 1.42. The van der Waals surface area contributed by atoms with Crippen molar-refractivity contribution in [1.82, 2.24) is 0 Å². The summed E-state index contributed by atoms with van der Waals surface area (Å²) in [7, 11) is 0. The summed E-state index contributed by atoms with van der Waals surface area (Å²) in [5.74, 6) is 0. The maximum Gasteiger partial charge on any atom is 0.247 e. The Morgan fingerprint density at radius 3 is 2.04 bits per heavy atom. The average Bonchev–Trinajstić information content (AvgIpc) is 3.43. The van der Waals surface area contributed by atoms with E-state index < -0.39 is 0 Å². The van der Waals surface area contributed by atoms with E-state index in [1.165, 1.54) is 99.8 Å². The number of benzene rings is 5. The molecule has 9 rings (SSSR count). The van der Waals surface area contributed by atoms with Gasteiger partial charge in [-0.15, -0.1) is 11.3 Å². The molecule has 53 heavy (non-hydrogen) atoms. The van der Waals surface area contributed by atoms with Crippen molar-refractivity contribution in [2.45, 2.75) is 124 Å². The van der Waals surface area contributed by atoms with Gasteiger partial charge in [-0.1, -0.05) is 143 Å². The Bertz CT molecular complexity index is 2490. The van der Waals surface area contributed by atoms with Crippen molar-refractivity contribution in [2.75, 3.05) is 4.90 Å². The number of rotatable bonds is 2. The van der Waals surface area contributed by atoms with Gasteiger partial charge < -0.3 is 4.90 Å². The van der Waals surface area contributed by atoms with E-state index in [-0.39, 0.29) is 33.8 Å². The lowest BCUT2D eigenvalue weighted by Gasteiger charge is -2.47. The van der Waals surface area contributed by atoms with E-state index in [0.717, 1.165) is 6.42 Å². The molecule has 0 bridgehead atoms. The fourth-order valence-electron chi connectivity index (χ4n) is 10.2. The molecule has 3 aliphatic rings. The molecule has 3 heteroatoms. The van der Waals surface area contributed by atoms with Crippen molar-refractivity contribution in [3.8, 4) is 0 Å². The van der Waals surface area contributed by atoms with Crippen LogP contribution >= 0.6 is 11.3 Å². The average molecular weight is 714 g/mol. The van der Waals surface area contributed by atoms with Crippen LogP contribution in [0.25, 0.3) is 20.2 Å². The molecular formula is C50H56BNS. The Morgan fingerprint density at radius 2 is 1.32 bits per heavy atom. The van der Waals surface area contributed by atoms with E-state index in [4.69, 9.17) is 0 Å². The Labute approximate surface area is 322 Å². The van der Waals surface area contributed by atoms with Crippen molar-refractivity contribution in [1.29, 1.82) is 0 Å². The minimum atomic E-state index is -0.148. The summed E-state index contributed by atoms with van der Waals surface area (Å²) in [5, 5.41) is 2.75. The third kappa shape index (κ3) is 5.31. The van der Waals surface area contributed by atoms with E-state index in [9.17, 15) is 0 Å². The summed E-state index contributed by atoms with van der Waals surface area (Å²) in [5.41, 5.74) is 17.6. The summed E-state index contributed by atoms with van der Waals surface area (Å²) < 4.78 is 2.73. The summed E-state index contributed by atoms with van der Waals surface area (Å²) in [4.78, 5) is 2.69. The number of hydrogen-bond acceptors (Lipinski definition) is 2. The lowest BCUT2D eigenvalue weighted by molar-refractivity contribution is 0.332. The molecule has 0 radical (unpaired) electrons. The van der Waals surface area contributed by atoms with Crippen LogP contribution in [-0.2, 0) is 28.1 Å². The van der Waals surface area contributed by atoms with Crippen molar-refractivity contribution < 1.29 is 0 Å². The highest BCUT2D eigenvalue weighted by atomic mass is 32.1. The number of hydrogen-bond donors (Lipinski definition) is 0. The molecule has 6 aromatic rings. The SMILES string of the molecule is CC(C)(C)Cc1cc2c3c(c1)C(C)(C)c1ccc(C(C)(C)C)cc1B3c1cc3c(cc1N2c1ccc2c(c1)C(C)(C)CCC2(C)C)sc1ccccc13. The summed E-state index contributed by atoms with van der Waals surface area (Å²) in [6.07, 6.45) is 3.46. The lowest BCUT2D eigenvalue weighted by atomic mass is 9.30. The van der Waals surface area contributed by atoms with Gasteiger partial charge in [-0.3, -0.25) is 0 Å². The third-order valence-corrected chi connectivity index (χ3v) is 14.4. The minimum absolute atomic E-state index is 0.0552. The molecule has 0 spiro atoms. The van der Waals surface area contributed by atoms with E-state index in [1.807, 2.05) is 11.3 Å². The third-order valence-electron chi connectivity index (χ3n) is 13.2. The first kappa shape index (κ1) is 34.9. The van der Waals surface area contributed by atoms with Gasteiger partial charge in [-0.05, 0) is 121 Å². The van der Waals surface area contributed by atoms with E-state index >= 15 is 0 Å². The Morgan fingerprint density at radius 1 is 0.623 bits per heavy atom. The van der Waals surface area contributed by atoms with Crippen LogP contribution in [0.4, 0.5) is 17.1 Å². The largest absolute Gasteiger partial charge is 0.311 e. The normalized spacial score (nSPS) is 18.1. The molecular weight excluding hydrogens is 657 g/mol. The zero-order valence-electron chi connectivity index (χ0n) is 34.1. The van der Waals surface area contributed by atoms with Crippen LogP contribution in [0.3, 0.4) is 0 Å². The molecule has 0 atom stereocenters. The van der Waals surface area contributed by atoms with Crippen molar-refractivity contribution in [3.05, 3.63) is 118 Å². The second-order valence-electron chi connectivity index (χ2n) is 20.8. The predicted molar refractivity (Wildman–Crippen MR) is 234 cm³/mol. The predicted octanol–water partition coefficient (Wildman–Crippen LogP) is 12.2. The smallest absolute Gasteiger partial charge is 0.247 e. The maximum absolute atomic E-state index is 2.69. The fourth-order valence-corrected chi connectivity index (χ4v) is 11.3. The monoisotopic (exact) mass is 713 g/mol. The molecule has 1 aliphatic carbocycles. The van der Waals surface area contributed by atoms with Crippen LogP contribution in [0.1, 0.15) is 129 Å². The number of fused-ring (bicyclic) bond motifs is 8. The minimum Gasteiger partial charge on any atom is -0.311 e. The van der Waals surface area contributed by atoms with E-state index in [2.05, 4.69) is 173 Å². The molecule has 0 unspecified atom stereocenters. The van der Waals surface area contributed by atoms with Crippen molar-refractivity contribution >= 4 is 71.7 Å². The Hall–Kier alpha value is -3.82. The topological polar surface area (TPSA) is 3.24 Å². The maximum atomic E-state index is 2.69. The number of anilines is 3. The quantitative estimate of drug-likeness (QED) is 0.161. The molecule has 1 nitrogen and oxygen atoms in total. The molecule has 1 aromatic heterocycles. The number of thiophene rings is 1. The van der Waals surface area contributed by atoms with Gasteiger partial charge in [-0.2, -0.15) is 0 Å². The van der Waals surface area contributed by atoms with Crippen LogP contribution in [-0.4, -0.2) is 6.71 Å². The lowest BCUT2D eigenvalue weighted by Crippen LogP contribution is -2.64. The molecule has 0 fully saturated rings. The first-order valence-corrected chi connectivity index (χ1v) is 20.8. The van der Waals surface area contributed by atoms with Gasteiger partial charge in [0.25, 0.3) is 0 Å². The first-order chi connectivity index (χ1) is 24.7. The van der Waals surface area contributed by atoms with Crippen LogP contribution in [0.5, 0.6) is 0 Å².